The zero-order chi connectivity index (χ0) is 15.1. The minimum Gasteiger partial charge on any atom is -0.399 e. The van der Waals surface area contributed by atoms with Crippen LogP contribution in [-0.2, 0) is 16.0 Å². The lowest BCUT2D eigenvalue weighted by Crippen LogP contribution is -2.15. The zero-order valence-electron chi connectivity index (χ0n) is 12.1. The van der Waals surface area contributed by atoms with Crippen molar-refractivity contribution in [1.82, 2.24) is 0 Å². The van der Waals surface area contributed by atoms with Crippen LogP contribution >= 0.6 is 11.3 Å². The van der Waals surface area contributed by atoms with Crippen LogP contribution in [0.3, 0.4) is 0 Å². The molecule has 0 aliphatic rings. The number of nitrogen functional groups attached to an aromatic ring is 1. The first-order valence-electron chi connectivity index (χ1n) is 6.91. The van der Waals surface area contributed by atoms with E-state index in [-0.39, 0.29) is 5.91 Å². The van der Waals surface area contributed by atoms with Crippen LogP contribution in [0.25, 0.3) is 0 Å². The standard InChI is InChI=1S/C16H20N2O2S/c1-12-11-13(17)4-5-15(12)18-16(19)7-9-20-8-6-14-3-2-10-21-14/h2-5,10-11H,6-9,17H2,1H3,(H,18,19). The fraction of sp³-hybridized carbons (Fsp3) is 0.312. The fourth-order valence-corrected chi connectivity index (χ4v) is 2.62. The minimum absolute atomic E-state index is 0.0426. The summed E-state index contributed by atoms with van der Waals surface area (Å²) >= 11 is 1.72. The molecule has 1 heterocycles. The summed E-state index contributed by atoms with van der Waals surface area (Å²) in [7, 11) is 0. The van der Waals surface area contributed by atoms with E-state index in [0.29, 0.717) is 25.3 Å². The maximum absolute atomic E-state index is 11.8. The predicted molar refractivity (Wildman–Crippen MR) is 87.7 cm³/mol. The van der Waals surface area contributed by atoms with Crippen molar-refractivity contribution in [3.63, 3.8) is 0 Å². The number of nitrogens with two attached hydrogens (primary N) is 1. The van der Waals surface area contributed by atoms with E-state index in [1.165, 1.54) is 4.88 Å². The van der Waals surface area contributed by atoms with Gasteiger partial charge in [-0.05, 0) is 42.1 Å². The van der Waals surface area contributed by atoms with Gasteiger partial charge < -0.3 is 15.8 Å². The summed E-state index contributed by atoms with van der Waals surface area (Å²) in [5.74, 6) is -0.0426. The molecule has 0 atom stereocenters. The SMILES string of the molecule is Cc1cc(N)ccc1NC(=O)CCOCCc1cccs1. The molecule has 2 aromatic rings. The van der Waals surface area contributed by atoms with E-state index in [2.05, 4.69) is 16.8 Å². The van der Waals surface area contributed by atoms with Crippen LogP contribution in [0.1, 0.15) is 16.9 Å². The number of thiophene rings is 1. The second-order valence-corrected chi connectivity index (χ2v) is 5.85. The highest BCUT2D eigenvalue weighted by molar-refractivity contribution is 7.09. The summed E-state index contributed by atoms with van der Waals surface area (Å²) < 4.78 is 5.49. The molecule has 1 amide bonds. The van der Waals surface area contributed by atoms with Crippen molar-refractivity contribution in [1.29, 1.82) is 0 Å². The Bertz CT molecular complexity index is 582. The highest BCUT2D eigenvalue weighted by Gasteiger charge is 2.05. The average Bonchev–Trinajstić information content (AvgIpc) is 2.95. The number of carbonyl (C=O) groups excluding carboxylic acids is 1. The van der Waals surface area contributed by atoms with Gasteiger partial charge >= 0.3 is 0 Å². The third kappa shape index (κ3) is 5.21. The molecule has 0 spiro atoms. The molecule has 0 unspecified atom stereocenters. The van der Waals surface area contributed by atoms with Gasteiger partial charge in [-0.1, -0.05) is 6.07 Å². The van der Waals surface area contributed by atoms with Gasteiger partial charge in [-0.2, -0.15) is 0 Å². The summed E-state index contributed by atoms with van der Waals surface area (Å²) in [5, 5.41) is 4.92. The third-order valence-corrected chi connectivity index (χ3v) is 4.01. The average molecular weight is 304 g/mol. The van der Waals surface area contributed by atoms with E-state index in [4.69, 9.17) is 10.5 Å². The molecule has 0 aliphatic heterocycles. The van der Waals surface area contributed by atoms with E-state index in [1.54, 1.807) is 17.4 Å². The number of rotatable bonds is 7. The second-order valence-electron chi connectivity index (χ2n) is 4.81. The van der Waals surface area contributed by atoms with Crippen LogP contribution in [0.2, 0.25) is 0 Å². The molecule has 0 bridgehead atoms. The summed E-state index contributed by atoms with van der Waals surface area (Å²) in [6.45, 7) is 3.00. The van der Waals surface area contributed by atoms with Crippen molar-refractivity contribution in [3.05, 3.63) is 46.2 Å². The van der Waals surface area contributed by atoms with Gasteiger partial charge in [-0.3, -0.25) is 4.79 Å². The van der Waals surface area contributed by atoms with Gasteiger partial charge in [-0.15, -0.1) is 11.3 Å². The monoisotopic (exact) mass is 304 g/mol. The predicted octanol–water partition coefficient (Wildman–Crippen LogP) is 3.23. The van der Waals surface area contributed by atoms with Gasteiger partial charge in [0.15, 0.2) is 0 Å². The number of hydrogen-bond acceptors (Lipinski definition) is 4. The number of ether oxygens (including phenoxy) is 1. The molecule has 0 saturated heterocycles. The van der Waals surface area contributed by atoms with E-state index in [1.807, 2.05) is 25.1 Å². The molecule has 0 saturated carbocycles. The van der Waals surface area contributed by atoms with Crippen molar-refractivity contribution >= 4 is 28.6 Å². The van der Waals surface area contributed by atoms with Crippen LogP contribution in [-0.4, -0.2) is 19.1 Å². The van der Waals surface area contributed by atoms with Gasteiger partial charge in [0.1, 0.15) is 0 Å². The smallest absolute Gasteiger partial charge is 0.226 e. The Morgan fingerprint density at radius 3 is 2.90 bits per heavy atom. The molecule has 3 N–H and O–H groups in total. The first-order valence-corrected chi connectivity index (χ1v) is 7.79. The molecule has 1 aromatic carbocycles. The first kappa shape index (κ1) is 15.5. The lowest BCUT2D eigenvalue weighted by molar-refractivity contribution is -0.117. The zero-order valence-corrected chi connectivity index (χ0v) is 12.9. The molecule has 0 fully saturated rings. The van der Waals surface area contributed by atoms with Crippen LogP contribution in [0.15, 0.2) is 35.7 Å². The number of hydrogen-bond donors (Lipinski definition) is 2. The maximum atomic E-state index is 11.8. The number of aryl methyl sites for hydroxylation is 1. The summed E-state index contributed by atoms with van der Waals surface area (Å²) in [6.07, 6.45) is 1.25. The number of anilines is 2. The minimum atomic E-state index is -0.0426. The molecular formula is C16H20N2O2S. The van der Waals surface area contributed by atoms with Crippen molar-refractivity contribution in [2.24, 2.45) is 0 Å². The van der Waals surface area contributed by atoms with E-state index < -0.39 is 0 Å². The van der Waals surface area contributed by atoms with Crippen molar-refractivity contribution in [3.8, 4) is 0 Å². The molecule has 0 radical (unpaired) electrons. The molecule has 5 heteroatoms. The second kappa shape index (κ2) is 7.81. The van der Waals surface area contributed by atoms with E-state index in [9.17, 15) is 4.79 Å². The van der Waals surface area contributed by atoms with E-state index >= 15 is 0 Å². The molecule has 1 aromatic heterocycles. The van der Waals surface area contributed by atoms with Crippen LogP contribution in [0, 0.1) is 6.92 Å². The Hall–Kier alpha value is -1.85. The quantitative estimate of drug-likeness (QED) is 0.610. The molecule has 4 nitrogen and oxygen atoms in total. The fourth-order valence-electron chi connectivity index (χ4n) is 1.93. The molecule has 0 aliphatic carbocycles. The Kier molecular flexibility index (Phi) is 5.78. The van der Waals surface area contributed by atoms with Gasteiger partial charge in [0.25, 0.3) is 0 Å². The number of benzene rings is 1. The summed E-state index contributed by atoms with van der Waals surface area (Å²) in [5.41, 5.74) is 8.14. The Morgan fingerprint density at radius 1 is 1.33 bits per heavy atom. The molecule has 21 heavy (non-hydrogen) atoms. The van der Waals surface area contributed by atoms with Crippen LogP contribution in [0.5, 0.6) is 0 Å². The Labute approximate surface area is 128 Å². The maximum Gasteiger partial charge on any atom is 0.226 e. The Morgan fingerprint density at radius 2 is 2.19 bits per heavy atom. The number of nitrogens with one attached hydrogen (secondary N) is 1. The topological polar surface area (TPSA) is 64.3 Å². The highest BCUT2D eigenvalue weighted by atomic mass is 32.1. The van der Waals surface area contributed by atoms with Crippen LogP contribution in [0.4, 0.5) is 11.4 Å². The highest BCUT2D eigenvalue weighted by Crippen LogP contribution is 2.17. The van der Waals surface area contributed by atoms with Gasteiger partial charge in [0.05, 0.1) is 19.6 Å². The number of carbonyl (C=O) groups is 1. The first-order chi connectivity index (χ1) is 10.1. The number of amides is 1. The molecule has 2 rings (SSSR count). The van der Waals surface area contributed by atoms with Gasteiger partial charge in [-0.25, -0.2) is 0 Å². The van der Waals surface area contributed by atoms with Gasteiger partial charge in [0, 0.05) is 22.7 Å². The van der Waals surface area contributed by atoms with Crippen molar-refractivity contribution in [2.45, 2.75) is 19.8 Å². The summed E-state index contributed by atoms with van der Waals surface area (Å²) in [4.78, 5) is 13.1. The largest absolute Gasteiger partial charge is 0.399 e. The van der Waals surface area contributed by atoms with Crippen molar-refractivity contribution in [2.75, 3.05) is 24.3 Å². The van der Waals surface area contributed by atoms with Gasteiger partial charge in [0.2, 0.25) is 5.91 Å². The van der Waals surface area contributed by atoms with Crippen LogP contribution < -0.4 is 11.1 Å². The molecular weight excluding hydrogens is 284 g/mol. The normalized spacial score (nSPS) is 10.5. The summed E-state index contributed by atoms with van der Waals surface area (Å²) in [6, 6.07) is 9.56. The van der Waals surface area contributed by atoms with E-state index in [0.717, 1.165) is 17.7 Å². The lowest BCUT2D eigenvalue weighted by atomic mass is 10.2. The third-order valence-electron chi connectivity index (χ3n) is 3.07. The Balaban J connectivity index is 1.65. The van der Waals surface area contributed by atoms with Crippen molar-refractivity contribution < 1.29 is 9.53 Å². The lowest BCUT2D eigenvalue weighted by Gasteiger charge is -2.09. The molecule has 112 valence electrons.